The Kier molecular flexibility index (Phi) is 3.49. The van der Waals surface area contributed by atoms with Crippen molar-refractivity contribution in [3.05, 3.63) is 15.9 Å². The summed E-state index contributed by atoms with van der Waals surface area (Å²) >= 11 is 5.65. The first kappa shape index (κ1) is 13.0. The molecule has 3 rings (SSSR count). The first-order valence-electron chi connectivity index (χ1n) is 6.54. The molecule has 2 unspecified atom stereocenters. The van der Waals surface area contributed by atoms with Gasteiger partial charge in [0.2, 0.25) is 0 Å². The Morgan fingerprint density at radius 3 is 2.94 bits per heavy atom. The zero-order valence-electron chi connectivity index (χ0n) is 10.9. The van der Waals surface area contributed by atoms with E-state index in [1.807, 2.05) is 11.8 Å². The average Bonchev–Trinajstić information content (AvgIpc) is 2.90. The number of nitrogens with zero attached hydrogens (tertiary/aromatic N) is 2. The average molecular weight is 331 g/mol. The van der Waals surface area contributed by atoms with Crippen LogP contribution in [-0.2, 0) is 4.74 Å². The standard InChI is InChI=1S/C13H19BrN2OS/c1-9-12(14)10(2)16(15-9)11-3-5-17-13(7-11)4-6-18-8-13/h11H,3-8H2,1-2H3. The first-order chi connectivity index (χ1) is 8.61. The first-order valence-corrected chi connectivity index (χ1v) is 8.49. The van der Waals surface area contributed by atoms with Crippen molar-refractivity contribution in [2.75, 3.05) is 18.1 Å². The van der Waals surface area contributed by atoms with Crippen molar-refractivity contribution in [2.24, 2.45) is 0 Å². The largest absolute Gasteiger partial charge is 0.374 e. The molecule has 2 aliphatic heterocycles. The van der Waals surface area contributed by atoms with Crippen LogP contribution in [-0.4, -0.2) is 33.5 Å². The van der Waals surface area contributed by atoms with Gasteiger partial charge in [0, 0.05) is 12.4 Å². The molecule has 0 aromatic carbocycles. The third kappa shape index (κ3) is 2.14. The van der Waals surface area contributed by atoms with Crippen LogP contribution in [0.1, 0.15) is 36.7 Å². The van der Waals surface area contributed by atoms with Gasteiger partial charge in [-0.2, -0.15) is 16.9 Å². The van der Waals surface area contributed by atoms with Crippen molar-refractivity contribution < 1.29 is 4.74 Å². The Labute approximate surface area is 121 Å². The lowest BCUT2D eigenvalue weighted by Gasteiger charge is -2.38. The van der Waals surface area contributed by atoms with Crippen molar-refractivity contribution in [1.29, 1.82) is 0 Å². The maximum Gasteiger partial charge on any atom is 0.0800 e. The minimum Gasteiger partial charge on any atom is -0.374 e. The van der Waals surface area contributed by atoms with Gasteiger partial charge in [-0.1, -0.05) is 0 Å². The smallest absolute Gasteiger partial charge is 0.0800 e. The summed E-state index contributed by atoms with van der Waals surface area (Å²) < 4.78 is 9.45. The van der Waals surface area contributed by atoms with E-state index in [0.29, 0.717) is 6.04 Å². The Morgan fingerprint density at radius 1 is 1.50 bits per heavy atom. The topological polar surface area (TPSA) is 27.1 Å². The van der Waals surface area contributed by atoms with E-state index in [4.69, 9.17) is 9.84 Å². The molecule has 5 heteroatoms. The molecule has 0 radical (unpaired) electrons. The zero-order chi connectivity index (χ0) is 12.8. The highest BCUT2D eigenvalue weighted by atomic mass is 79.9. The van der Waals surface area contributed by atoms with Crippen LogP contribution >= 0.6 is 27.7 Å². The Bertz CT molecular complexity index is 454. The van der Waals surface area contributed by atoms with Gasteiger partial charge in [0.15, 0.2) is 0 Å². The second-order valence-electron chi connectivity index (χ2n) is 5.41. The van der Waals surface area contributed by atoms with Crippen LogP contribution in [0, 0.1) is 13.8 Å². The summed E-state index contributed by atoms with van der Waals surface area (Å²) in [6.07, 6.45) is 3.41. The van der Waals surface area contributed by atoms with Crippen LogP contribution in [0.2, 0.25) is 0 Å². The van der Waals surface area contributed by atoms with Gasteiger partial charge >= 0.3 is 0 Å². The fourth-order valence-corrected chi connectivity index (χ4v) is 4.71. The highest BCUT2D eigenvalue weighted by Gasteiger charge is 2.41. The van der Waals surface area contributed by atoms with Gasteiger partial charge in [-0.3, -0.25) is 4.68 Å². The molecule has 1 aromatic rings. The number of aryl methyl sites for hydroxylation is 1. The summed E-state index contributed by atoms with van der Waals surface area (Å²) in [4.78, 5) is 0. The molecule has 0 amide bonds. The Morgan fingerprint density at radius 2 is 2.33 bits per heavy atom. The summed E-state index contributed by atoms with van der Waals surface area (Å²) in [5.74, 6) is 2.40. The van der Waals surface area contributed by atoms with Crippen LogP contribution in [0.4, 0.5) is 0 Å². The van der Waals surface area contributed by atoms with E-state index in [0.717, 1.165) is 35.4 Å². The molecule has 2 saturated heterocycles. The number of thioether (sulfide) groups is 1. The Hall–Kier alpha value is -0.000000000000000111. The predicted octanol–water partition coefficient (Wildman–Crippen LogP) is 3.49. The molecular formula is C13H19BrN2OS. The van der Waals surface area contributed by atoms with Crippen molar-refractivity contribution in [2.45, 2.75) is 44.8 Å². The maximum absolute atomic E-state index is 6.08. The van der Waals surface area contributed by atoms with Crippen LogP contribution in [0.25, 0.3) is 0 Å². The van der Waals surface area contributed by atoms with E-state index >= 15 is 0 Å². The van der Waals surface area contributed by atoms with Crippen molar-refractivity contribution >= 4 is 27.7 Å². The Balaban J connectivity index is 1.85. The molecule has 0 N–H and O–H groups in total. The summed E-state index contributed by atoms with van der Waals surface area (Å²) in [5.41, 5.74) is 2.47. The monoisotopic (exact) mass is 330 g/mol. The van der Waals surface area contributed by atoms with Gasteiger partial charge in [0.05, 0.1) is 27.5 Å². The van der Waals surface area contributed by atoms with Crippen molar-refractivity contribution in [3.63, 3.8) is 0 Å². The molecule has 18 heavy (non-hydrogen) atoms. The number of halogens is 1. The van der Waals surface area contributed by atoms with Crippen LogP contribution in [0.5, 0.6) is 0 Å². The lowest BCUT2D eigenvalue weighted by Crippen LogP contribution is -2.41. The number of hydrogen-bond acceptors (Lipinski definition) is 3. The summed E-state index contributed by atoms with van der Waals surface area (Å²) in [6.45, 7) is 5.09. The fraction of sp³-hybridized carbons (Fsp3) is 0.769. The maximum atomic E-state index is 6.08. The zero-order valence-corrected chi connectivity index (χ0v) is 13.3. The summed E-state index contributed by atoms with van der Waals surface area (Å²) in [5, 5.41) is 4.70. The molecule has 2 fully saturated rings. The van der Waals surface area contributed by atoms with Gasteiger partial charge in [0.25, 0.3) is 0 Å². The number of hydrogen-bond donors (Lipinski definition) is 0. The molecule has 100 valence electrons. The normalized spacial score (nSPS) is 32.3. The molecule has 1 spiro atoms. The lowest BCUT2D eigenvalue weighted by molar-refractivity contribution is -0.0781. The van der Waals surface area contributed by atoms with Gasteiger partial charge in [-0.05, 0) is 54.8 Å². The molecular weight excluding hydrogens is 312 g/mol. The lowest BCUT2D eigenvalue weighted by atomic mass is 9.90. The minimum absolute atomic E-state index is 0.131. The second-order valence-corrected chi connectivity index (χ2v) is 7.31. The van der Waals surface area contributed by atoms with E-state index in [9.17, 15) is 0 Å². The minimum atomic E-state index is 0.131. The van der Waals surface area contributed by atoms with Gasteiger partial charge in [-0.15, -0.1) is 0 Å². The summed E-state index contributed by atoms with van der Waals surface area (Å²) in [7, 11) is 0. The van der Waals surface area contributed by atoms with Crippen LogP contribution in [0.15, 0.2) is 4.47 Å². The third-order valence-electron chi connectivity index (χ3n) is 4.12. The molecule has 0 saturated carbocycles. The highest BCUT2D eigenvalue weighted by molar-refractivity contribution is 9.10. The van der Waals surface area contributed by atoms with E-state index in [-0.39, 0.29) is 5.60 Å². The van der Waals surface area contributed by atoms with Gasteiger partial charge in [-0.25, -0.2) is 0 Å². The van der Waals surface area contributed by atoms with Crippen LogP contribution < -0.4 is 0 Å². The van der Waals surface area contributed by atoms with E-state index in [1.165, 1.54) is 17.9 Å². The molecule has 0 aliphatic carbocycles. The predicted molar refractivity (Wildman–Crippen MR) is 78.3 cm³/mol. The molecule has 3 nitrogen and oxygen atoms in total. The van der Waals surface area contributed by atoms with Crippen molar-refractivity contribution in [1.82, 2.24) is 9.78 Å². The molecule has 1 aromatic heterocycles. The number of rotatable bonds is 1. The third-order valence-corrected chi connectivity index (χ3v) is 6.49. The number of aromatic nitrogens is 2. The highest BCUT2D eigenvalue weighted by Crippen LogP contribution is 2.42. The molecule has 2 atom stereocenters. The van der Waals surface area contributed by atoms with E-state index in [2.05, 4.69) is 34.5 Å². The second kappa shape index (κ2) is 4.84. The van der Waals surface area contributed by atoms with Crippen molar-refractivity contribution in [3.8, 4) is 0 Å². The van der Waals surface area contributed by atoms with Gasteiger partial charge < -0.3 is 4.74 Å². The van der Waals surface area contributed by atoms with Gasteiger partial charge in [0.1, 0.15) is 0 Å². The summed E-state index contributed by atoms with van der Waals surface area (Å²) in [6, 6.07) is 0.502. The van der Waals surface area contributed by atoms with Crippen LogP contribution in [0.3, 0.4) is 0 Å². The molecule has 2 aliphatic rings. The number of ether oxygens (including phenoxy) is 1. The fourth-order valence-electron chi connectivity index (χ4n) is 3.07. The molecule has 3 heterocycles. The molecule has 0 bridgehead atoms. The van der Waals surface area contributed by atoms with E-state index < -0.39 is 0 Å². The quantitative estimate of drug-likeness (QED) is 0.788. The van der Waals surface area contributed by atoms with E-state index in [1.54, 1.807) is 0 Å². The SMILES string of the molecule is Cc1nn(C2CCOC3(CCSC3)C2)c(C)c1Br.